The first-order chi connectivity index (χ1) is 7.09. The maximum absolute atomic E-state index is 11.9. The van der Waals surface area contributed by atoms with Gasteiger partial charge in [-0.1, -0.05) is 5.92 Å². The molecule has 16 heavy (non-hydrogen) atoms. The molecule has 1 amide bonds. The predicted octanol–water partition coefficient (Wildman–Crippen LogP) is 1.84. The number of hydrogen-bond acceptors (Lipinski definition) is 2. The van der Waals surface area contributed by atoms with E-state index in [1.54, 1.807) is 5.92 Å². The number of ether oxygens (including phenoxy) is 1. The van der Waals surface area contributed by atoms with Gasteiger partial charge in [-0.15, -0.1) is 6.42 Å². The van der Waals surface area contributed by atoms with Crippen LogP contribution in [0, 0.1) is 12.3 Å². The molecule has 9 heteroatoms. The summed E-state index contributed by atoms with van der Waals surface area (Å²) < 4.78 is 75.0. The largest absolute Gasteiger partial charge is 0.436 e. The highest BCUT2D eigenvalue weighted by Gasteiger charge is 2.57. The van der Waals surface area contributed by atoms with Gasteiger partial charge in [0.2, 0.25) is 6.04 Å². The van der Waals surface area contributed by atoms with E-state index in [-0.39, 0.29) is 0 Å². The van der Waals surface area contributed by atoms with Gasteiger partial charge in [0.25, 0.3) is 0 Å². The molecule has 0 unspecified atom stereocenters. The molecule has 0 aromatic carbocycles. The highest BCUT2D eigenvalue weighted by Crippen LogP contribution is 2.33. The van der Waals surface area contributed by atoms with Gasteiger partial charge in [0.1, 0.15) is 0 Å². The Hall–Kier alpha value is -1.59. The maximum Gasteiger partial charge on any atom is 0.417 e. The Balaban J connectivity index is 4.60. The Morgan fingerprint density at radius 1 is 1.25 bits per heavy atom. The molecule has 0 atom stereocenters. The summed E-state index contributed by atoms with van der Waals surface area (Å²) in [4.78, 5) is 10.5. The van der Waals surface area contributed by atoms with Crippen LogP contribution in [0.3, 0.4) is 0 Å². The SMILES string of the molecule is C#CCOC(=O)NC(C(F)(F)F)C(F)(F)F. The van der Waals surface area contributed by atoms with Crippen molar-refractivity contribution < 1.29 is 35.9 Å². The van der Waals surface area contributed by atoms with Crippen LogP contribution >= 0.6 is 0 Å². The van der Waals surface area contributed by atoms with Crippen LogP contribution in [0.1, 0.15) is 0 Å². The fraction of sp³-hybridized carbons (Fsp3) is 0.571. The molecule has 0 aliphatic carbocycles. The number of alkyl halides is 6. The third-order valence-corrected chi connectivity index (χ3v) is 1.20. The van der Waals surface area contributed by atoms with E-state index in [9.17, 15) is 31.1 Å². The van der Waals surface area contributed by atoms with Crippen LogP contribution in [0.5, 0.6) is 0 Å². The first-order valence-corrected chi connectivity index (χ1v) is 3.59. The fourth-order valence-corrected chi connectivity index (χ4v) is 0.616. The van der Waals surface area contributed by atoms with Crippen molar-refractivity contribution in [3.8, 4) is 12.3 Å². The smallest absolute Gasteiger partial charge is 0.417 e. The molecule has 0 aromatic rings. The lowest BCUT2D eigenvalue weighted by atomic mass is 10.3. The molecule has 0 aliphatic heterocycles. The van der Waals surface area contributed by atoms with Gasteiger partial charge in [-0.25, -0.2) is 4.79 Å². The number of hydrogen-bond donors (Lipinski definition) is 1. The van der Waals surface area contributed by atoms with E-state index in [0.29, 0.717) is 5.32 Å². The number of halogens is 6. The normalized spacial score (nSPS) is 12.1. The van der Waals surface area contributed by atoms with E-state index in [4.69, 9.17) is 0 Å². The molecule has 0 saturated heterocycles. The van der Waals surface area contributed by atoms with Crippen LogP contribution in [0.4, 0.5) is 31.1 Å². The minimum atomic E-state index is -5.66. The molecule has 92 valence electrons. The summed E-state index contributed by atoms with van der Waals surface area (Å²) in [5, 5.41) is 0.625. The molecule has 3 nitrogen and oxygen atoms in total. The molecular formula is C7H5F6NO2. The number of rotatable bonds is 2. The van der Waals surface area contributed by atoms with Crippen molar-refractivity contribution in [1.82, 2.24) is 5.32 Å². The lowest BCUT2D eigenvalue weighted by Gasteiger charge is -2.23. The van der Waals surface area contributed by atoms with Crippen molar-refractivity contribution in [3.05, 3.63) is 0 Å². The van der Waals surface area contributed by atoms with Gasteiger partial charge in [0, 0.05) is 0 Å². The Labute approximate surface area is 85.7 Å². The van der Waals surface area contributed by atoms with Gasteiger partial charge >= 0.3 is 18.4 Å². The zero-order chi connectivity index (χ0) is 13.0. The number of alkyl carbamates (subject to hydrolysis) is 1. The molecule has 0 spiro atoms. The molecule has 0 aromatic heterocycles. The van der Waals surface area contributed by atoms with Crippen LogP contribution in [-0.2, 0) is 4.74 Å². The van der Waals surface area contributed by atoms with Crippen molar-refractivity contribution >= 4 is 6.09 Å². The second-order valence-corrected chi connectivity index (χ2v) is 2.44. The lowest BCUT2D eigenvalue weighted by molar-refractivity contribution is -0.256. The highest BCUT2D eigenvalue weighted by atomic mass is 19.4. The summed E-state index contributed by atoms with van der Waals surface area (Å²) in [6, 6.07) is -3.98. The molecule has 0 rings (SSSR count). The maximum atomic E-state index is 11.9. The second-order valence-electron chi connectivity index (χ2n) is 2.44. The fourth-order valence-electron chi connectivity index (χ4n) is 0.616. The predicted molar refractivity (Wildman–Crippen MR) is 39.2 cm³/mol. The van der Waals surface area contributed by atoms with E-state index < -0.39 is 31.1 Å². The standard InChI is InChI=1S/C7H5F6NO2/c1-2-3-16-5(15)14-4(6(8,9)10)7(11,12)13/h1,4H,3H2,(H,14,15). The van der Waals surface area contributed by atoms with Crippen molar-refractivity contribution in [2.24, 2.45) is 0 Å². The molecule has 0 heterocycles. The van der Waals surface area contributed by atoms with E-state index in [1.807, 2.05) is 0 Å². The van der Waals surface area contributed by atoms with E-state index in [0.717, 1.165) is 0 Å². The number of carbonyl (C=O) groups excluding carboxylic acids is 1. The van der Waals surface area contributed by atoms with Gasteiger partial charge in [-0.3, -0.25) is 0 Å². The zero-order valence-electron chi connectivity index (χ0n) is 7.45. The average Bonchev–Trinajstić information content (AvgIpc) is 2.07. The molecule has 0 radical (unpaired) electrons. The molecule has 0 aliphatic rings. The van der Waals surface area contributed by atoms with Gasteiger partial charge in [0.15, 0.2) is 6.61 Å². The van der Waals surface area contributed by atoms with Crippen molar-refractivity contribution in [1.29, 1.82) is 0 Å². The number of carbonyl (C=O) groups is 1. The van der Waals surface area contributed by atoms with Crippen LogP contribution < -0.4 is 5.32 Å². The van der Waals surface area contributed by atoms with E-state index in [1.165, 1.54) is 0 Å². The quantitative estimate of drug-likeness (QED) is 0.599. The van der Waals surface area contributed by atoms with Crippen LogP contribution in [0.25, 0.3) is 0 Å². The molecule has 0 bridgehead atoms. The highest BCUT2D eigenvalue weighted by molar-refractivity contribution is 5.68. The summed E-state index contributed by atoms with van der Waals surface area (Å²) in [6.45, 7) is -0.728. The number of amides is 1. The third kappa shape index (κ3) is 4.77. The van der Waals surface area contributed by atoms with Crippen LogP contribution in [-0.4, -0.2) is 31.1 Å². The first-order valence-electron chi connectivity index (χ1n) is 3.59. The Bertz CT molecular complexity index is 275. The van der Waals surface area contributed by atoms with Crippen molar-refractivity contribution in [2.75, 3.05) is 6.61 Å². The molecule has 0 saturated carbocycles. The number of nitrogens with one attached hydrogen (secondary N) is 1. The van der Waals surface area contributed by atoms with Gasteiger partial charge < -0.3 is 10.1 Å². The third-order valence-electron chi connectivity index (χ3n) is 1.20. The van der Waals surface area contributed by atoms with Crippen LogP contribution in [0.2, 0.25) is 0 Å². The summed E-state index contributed by atoms with van der Waals surface area (Å²) in [5.41, 5.74) is 0. The molecule has 0 fully saturated rings. The Morgan fingerprint density at radius 2 is 1.69 bits per heavy atom. The molecular weight excluding hydrogens is 244 g/mol. The number of terminal acetylenes is 1. The summed E-state index contributed by atoms with van der Waals surface area (Å²) in [6.07, 6.45) is -8.63. The summed E-state index contributed by atoms with van der Waals surface area (Å²) in [7, 11) is 0. The monoisotopic (exact) mass is 249 g/mol. The van der Waals surface area contributed by atoms with Crippen molar-refractivity contribution in [2.45, 2.75) is 18.4 Å². The Morgan fingerprint density at radius 3 is 2.00 bits per heavy atom. The topological polar surface area (TPSA) is 38.3 Å². The van der Waals surface area contributed by atoms with E-state index in [2.05, 4.69) is 11.2 Å². The minimum absolute atomic E-state index is 0.625. The van der Waals surface area contributed by atoms with E-state index >= 15 is 0 Å². The van der Waals surface area contributed by atoms with Crippen LogP contribution in [0.15, 0.2) is 0 Å². The zero-order valence-corrected chi connectivity index (χ0v) is 7.45. The summed E-state index contributed by atoms with van der Waals surface area (Å²) in [5.74, 6) is 1.70. The van der Waals surface area contributed by atoms with Gasteiger partial charge in [-0.05, 0) is 0 Å². The van der Waals surface area contributed by atoms with Crippen molar-refractivity contribution in [3.63, 3.8) is 0 Å². The first kappa shape index (κ1) is 14.4. The van der Waals surface area contributed by atoms with Gasteiger partial charge in [0.05, 0.1) is 0 Å². The summed E-state index contributed by atoms with van der Waals surface area (Å²) >= 11 is 0. The van der Waals surface area contributed by atoms with Gasteiger partial charge in [-0.2, -0.15) is 26.3 Å². The second kappa shape index (κ2) is 4.96. The Kier molecular flexibility index (Phi) is 4.47. The average molecular weight is 249 g/mol. The molecule has 1 N–H and O–H groups in total. The lowest BCUT2D eigenvalue weighted by Crippen LogP contribution is -2.54. The minimum Gasteiger partial charge on any atom is -0.436 e.